The molecule has 0 unspecified atom stereocenters. The van der Waals surface area contributed by atoms with E-state index in [0.717, 1.165) is 31.0 Å². The van der Waals surface area contributed by atoms with Gasteiger partial charge >= 0.3 is 0 Å². The Bertz CT molecular complexity index is 1770. The molecular weight excluding hydrogens is 702 g/mol. The monoisotopic (exact) mass is 744 g/mol. The minimum Gasteiger partial charge on any atom is -0.497 e. The lowest BCUT2D eigenvalue weighted by Gasteiger charge is -2.27. The Morgan fingerprint density at radius 3 is 2.17 bits per heavy atom. The van der Waals surface area contributed by atoms with Crippen LogP contribution in [0.1, 0.15) is 62.2 Å². The summed E-state index contributed by atoms with van der Waals surface area (Å²) in [4.78, 5) is 29.0. The molecule has 1 fully saturated rings. The van der Waals surface area contributed by atoms with Crippen molar-refractivity contribution in [3.05, 3.63) is 88.2 Å². The quantitative estimate of drug-likeness (QED) is 0.114. The number of nitrogens with zero attached hydrogens (tertiary/aromatic N) is 2. The van der Waals surface area contributed by atoms with Crippen molar-refractivity contribution in [3.8, 4) is 22.9 Å². The van der Waals surface area contributed by atoms with Crippen LogP contribution in [0.25, 0.3) is 16.6 Å². The fraction of sp³-hybridized carbons (Fsp3) is 0.405. The lowest BCUT2D eigenvalue weighted by Crippen LogP contribution is -2.35. The van der Waals surface area contributed by atoms with Crippen LogP contribution < -0.4 is 24.5 Å². The molecule has 0 aliphatic carbocycles. The van der Waals surface area contributed by atoms with E-state index in [4.69, 9.17) is 14.2 Å². The third-order valence-electron chi connectivity index (χ3n) is 8.73. The van der Waals surface area contributed by atoms with Gasteiger partial charge in [0.1, 0.15) is 34.4 Å². The average molecular weight is 746 g/mol. The molecule has 3 aromatic carbocycles. The fourth-order valence-corrected chi connectivity index (χ4v) is 11.0. The molecular formula is C37H43BrF2N2O5S. The van der Waals surface area contributed by atoms with Crippen LogP contribution in [0, 0.1) is 11.6 Å². The summed E-state index contributed by atoms with van der Waals surface area (Å²) < 4.78 is 47.1. The molecule has 2 heterocycles. The van der Waals surface area contributed by atoms with Crippen molar-refractivity contribution in [1.82, 2.24) is 4.57 Å². The standard InChI is InChI=1S/C37H43BrF2N2O5S/c1-4-41(28-19-26(39)18-27(40)20-28)37(44)34-25-42(29-21-31(45-2)23-32(22-29)46-3)35-24-30(12-13-33(35)36(34)43)47-14-8-6-5-7-9-15-48(38)16-10-11-17-48/h12-13,18-25H,4-11,14-17H2,1-3H3. The summed E-state index contributed by atoms with van der Waals surface area (Å²) in [5.74, 6) is 3.36. The highest BCUT2D eigenvalue weighted by Gasteiger charge is 2.25. The Labute approximate surface area is 289 Å². The maximum Gasteiger partial charge on any atom is 0.263 e. The first kappa shape index (κ1) is 35.7. The molecule has 1 saturated heterocycles. The number of unbranched alkanes of at least 4 members (excludes halogenated alkanes) is 4. The number of anilines is 1. The molecule has 48 heavy (non-hydrogen) atoms. The number of methoxy groups -OCH3 is 2. The number of carbonyl (C=O) groups is 1. The Kier molecular flexibility index (Phi) is 12.1. The van der Waals surface area contributed by atoms with Gasteiger partial charge in [-0.2, -0.15) is 8.46 Å². The Balaban J connectivity index is 1.41. The highest BCUT2D eigenvalue weighted by atomic mass is 79.9. The highest BCUT2D eigenvalue weighted by Crippen LogP contribution is 2.60. The van der Waals surface area contributed by atoms with Crippen LogP contribution in [0.2, 0.25) is 0 Å². The number of amides is 1. The maximum absolute atomic E-state index is 14.1. The zero-order valence-corrected chi connectivity index (χ0v) is 30.1. The average Bonchev–Trinajstić information content (AvgIpc) is 3.51. The summed E-state index contributed by atoms with van der Waals surface area (Å²) in [6.45, 7) is 2.30. The van der Waals surface area contributed by atoms with E-state index < -0.39 is 31.4 Å². The van der Waals surface area contributed by atoms with Crippen molar-refractivity contribution in [2.75, 3.05) is 49.5 Å². The second-order valence-corrected chi connectivity index (χ2v) is 19.3. The van der Waals surface area contributed by atoms with E-state index in [1.54, 1.807) is 47.9 Å². The van der Waals surface area contributed by atoms with Crippen molar-refractivity contribution in [2.45, 2.75) is 51.9 Å². The Hall–Kier alpha value is -3.57. The van der Waals surface area contributed by atoms with E-state index in [2.05, 4.69) is 14.8 Å². The van der Waals surface area contributed by atoms with Gasteiger partial charge in [0, 0.05) is 54.1 Å². The van der Waals surface area contributed by atoms with Gasteiger partial charge in [-0.1, -0.05) is 19.3 Å². The molecule has 0 atom stereocenters. The molecule has 11 heteroatoms. The summed E-state index contributed by atoms with van der Waals surface area (Å²) >= 11 is 4.04. The second kappa shape index (κ2) is 16.2. The number of benzene rings is 3. The van der Waals surface area contributed by atoms with Gasteiger partial charge < -0.3 is 23.7 Å². The molecule has 1 aromatic heterocycles. The van der Waals surface area contributed by atoms with Gasteiger partial charge in [-0.25, -0.2) is 8.78 Å². The SMILES string of the molecule is CCN(C(=O)c1cn(-c2cc(OC)cc(OC)c2)c2cc(OCCCCCCCS3(Br)CCCC3)ccc2c1=O)c1cc(F)cc(F)c1. The number of carbonyl (C=O) groups excluding carboxylic acids is 1. The molecule has 7 nitrogen and oxygen atoms in total. The minimum absolute atomic E-state index is 0.0137. The van der Waals surface area contributed by atoms with Crippen molar-refractivity contribution < 1.29 is 27.8 Å². The number of rotatable bonds is 15. The maximum atomic E-state index is 14.1. The third-order valence-corrected chi connectivity index (χ3v) is 14.7. The fourth-order valence-electron chi connectivity index (χ4n) is 6.19. The van der Waals surface area contributed by atoms with Crippen LogP contribution in [0.4, 0.5) is 14.5 Å². The zero-order valence-electron chi connectivity index (χ0n) is 27.7. The summed E-state index contributed by atoms with van der Waals surface area (Å²) in [7, 11) is 2.56. The first-order chi connectivity index (χ1) is 23.1. The predicted molar refractivity (Wildman–Crippen MR) is 195 cm³/mol. The van der Waals surface area contributed by atoms with Gasteiger partial charge in [-0.3, -0.25) is 9.59 Å². The molecule has 4 aromatic rings. The summed E-state index contributed by atoms with van der Waals surface area (Å²) in [5.41, 5.74) is 0.437. The summed E-state index contributed by atoms with van der Waals surface area (Å²) in [6, 6.07) is 13.3. The largest absolute Gasteiger partial charge is 0.497 e. The van der Waals surface area contributed by atoms with Crippen molar-refractivity contribution in [3.63, 3.8) is 0 Å². The van der Waals surface area contributed by atoms with Crippen molar-refractivity contribution in [2.24, 2.45) is 0 Å². The van der Waals surface area contributed by atoms with E-state index >= 15 is 0 Å². The van der Waals surface area contributed by atoms with Crippen molar-refractivity contribution >= 4 is 45.8 Å². The number of halogens is 3. The third kappa shape index (κ3) is 8.52. The first-order valence-electron chi connectivity index (χ1n) is 16.4. The van der Waals surface area contributed by atoms with Crippen molar-refractivity contribution in [1.29, 1.82) is 0 Å². The summed E-state index contributed by atoms with van der Waals surface area (Å²) in [6.07, 6.45) is 9.88. The van der Waals surface area contributed by atoms with E-state index in [1.807, 2.05) is 0 Å². The van der Waals surface area contributed by atoms with E-state index in [1.165, 1.54) is 74.7 Å². The normalized spacial score (nSPS) is 14.5. The lowest BCUT2D eigenvalue weighted by molar-refractivity contribution is 0.0987. The number of ether oxygens (including phenoxy) is 3. The molecule has 0 N–H and O–H groups in total. The number of hydrogen-bond donors (Lipinski definition) is 0. The number of pyridine rings is 1. The van der Waals surface area contributed by atoms with E-state index in [0.29, 0.717) is 35.1 Å². The van der Waals surface area contributed by atoms with Gasteiger partial charge in [-0.15, -0.1) is 0 Å². The van der Waals surface area contributed by atoms with E-state index in [-0.39, 0.29) is 23.2 Å². The van der Waals surface area contributed by atoms with Gasteiger partial charge in [0.05, 0.1) is 32.0 Å². The van der Waals surface area contributed by atoms with Crippen LogP contribution in [0.5, 0.6) is 17.2 Å². The molecule has 0 saturated carbocycles. The minimum atomic E-state index is -0.823. The Morgan fingerprint density at radius 1 is 0.875 bits per heavy atom. The molecule has 0 bridgehead atoms. The lowest BCUT2D eigenvalue weighted by atomic mass is 10.1. The molecule has 258 valence electrons. The zero-order chi connectivity index (χ0) is 34.3. The number of fused-ring (bicyclic) bond motifs is 1. The first-order valence-corrected chi connectivity index (χ1v) is 20.4. The van der Waals surface area contributed by atoms with Gasteiger partial charge in [0.25, 0.3) is 5.91 Å². The Morgan fingerprint density at radius 2 is 1.52 bits per heavy atom. The summed E-state index contributed by atoms with van der Waals surface area (Å²) in [5, 5.41) is 0.283. The molecule has 0 spiro atoms. The molecule has 1 aliphatic heterocycles. The van der Waals surface area contributed by atoms with Crippen LogP contribution in [0.15, 0.2) is 65.6 Å². The van der Waals surface area contributed by atoms with Crippen LogP contribution >= 0.6 is 23.3 Å². The molecule has 5 rings (SSSR count). The topological polar surface area (TPSA) is 70.0 Å². The van der Waals surface area contributed by atoms with Gasteiger partial charge in [-0.05, 0) is 88.9 Å². The second-order valence-electron chi connectivity index (χ2n) is 12.0. The van der Waals surface area contributed by atoms with Gasteiger partial charge in [0.2, 0.25) is 5.43 Å². The van der Waals surface area contributed by atoms with Crippen LogP contribution in [0.3, 0.4) is 0 Å². The van der Waals surface area contributed by atoms with Crippen LogP contribution in [-0.2, 0) is 0 Å². The molecule has 0 radical (unpaired) electrons. The molecule has 1 aliphatic rings. The molecule has 1 amide bonds. The number of aromatic nitrogens is 1. The number of hydrogen-bond acceptors (Lipinski definition) is 5. The van der Waals surface area contributed by atoms with Gasteiger partial charge in [0.15, 0.2) is 0 Å². The van der Waals surface area contributed by atoms with E-state index in [9.17, 15) is 18.4 Å². The predicted octanol–water partition coefficient (Wildman–Crippen LogP) is 9.19. The highest BCUT2D eigenvalue weighted by molar-refractivity contribution is 9.58. The van der Waals surface area contributed by atoms with Crippen LogP contribution in [-0.4, -0.2) is 55.1 Å². The smallest absolute Gasteiger partial charge is 0.263 e.